The Hall–Kier alpha value is -2.34. The fraction of sp³-hybridized carbons (Fsp3) is 0.333. The predicted molar refractivity (Wildman–Crippen MR) is 81.5 cm³/mol. The third-order valence-corrected chi connectivity index (χ3v) is 2.60. The van der Waals surface area contributed by atoms with E-state index in [4.69, 9.17) is 0 Å². The van der Waals surface area contributed by atoms with Gasteiger partial charge >= 0.3 is 0 Å². The molecule has 0 spiro atoms. The molecule has 21 heavy (non-hydrogen) atoms. The minimum Gasteiger partial charge on any atom is -0.508 e. The molecule has 2 amide bonds. The summed E-state index contributed by atoms with van der Waals surface area (Å²) in [5, 5.41) is 14.5. The Morgan fingerprint density at radius 2 is 1.86 bits per heavy atom. The molecule has 0 aliphatic heterocycles. The Morgan fingerprint density at radius 3 is 2.38 bits per heavy atom. The van der Waals surface area contributed by atoms with E-state index in [0.717, 1.165) is 0 Å². The van der Waals surface area contributed by atoms with Crippen LogP contribution in [-0.2, 0) is 9.59 Å². The minimum absolute atomic E-state index is 0.142. The summed E-state index contributed by atoms with van der Waals surface area (Å²) in [4.78, 5) is 25.2. The van der Waals surface area contributed by atoms with Gasteiger partial charge in [-0.15, -0.1) is 0 Å². The molecule has 0 bridgehead atoms. The smallest absolute Gasteiger partial charge is 0.267 e. The van der Waals surface area contributed by atoms with Gasteiger partial charge < -0.3 is 20.6 Å². The molecule has 114 valence electrons. The number of aromatic hydroxyl groups is 1. The zero-order chi connectivity index (χ0) is 15.8. The number of hydrogen-bond donors (Lipinski definition) is 3. The SMILES string of the molecule is CC(=O)N/C(=C\c1ccc(O)cc1)C(=O)NCCN(C)C. The van der Waals surface area contributed by atoms with E-state index < -0.39 is 0 Å². The molecule has 6 heteroatoms. The van der Waals surface area contributed by atoms with Crippen LogP contribution in [0.4, 0.5) is 0 Å². The molecule has 1 aromatic rings. The highest BCUT2D eigenvalue weighted by molar-refractivity contribution is 6.00. The molecule has 6 nitrogen and oxygen atoms in total. The van der Waals surface area contributed by atoms with Gasteiger partial charge in [0.1, 0.15) is 11.4 Å². The summed E-state index contributed by atoms with van der Waals surface area (Å²) in [5.74, 6) is -0.522. The molecule has 0 aliphatic rings. The first-order valence-corrected chi connectivity index (χ1v) is 6.59. The van der Waals surface area contributed by atoms with E-state index in [0.29, 0.717) is 18.7 Å². The predicted octanol–water partition coefficient (Wildman–Crippen LogP) is 0.547. The highest BCUT2D eigenvalue weighted by Gasteiger charge is 2.10. The highest BCUT2D eigenvalue weighted by atomic mass is 16.3. The normalized spacial score (nSPS) is 11.3. The molecule has 3 N–H and O–H groups in total. The first-order chi connectivity index (χ1) is 9.88. The zero-order valence-corrected chi connectivity index (χ0v) is 12.5. The van der Waals surface area contributed by atoms with Crippen molar-refractivity contribution in [1.29, 1.82) is 0 Å². The van der Waals surface area contributed by atoms with Crippen LogP contribution < -0.4 is 10.6 Å². The van der Waals surface area contributed by atoms with Crippen LogP contribution in [0.3, 0.4) is 0 Å². The van der Waals surface area contributed by atoms with Gasteiger partial charge in [0.15, 0.2) is 0 Å². The molecule has 0 fully saturated rings. The van der Waals surface area contributed by atoms with Gasteiger partial charge in [-0.2, -0.15) is 0 Å². The van der Waals surface area contributed by atoms with Crippen LogP contribution in [0.15, 0.2) is 30.0 Å². The number of hydrogen-bond acceptors (Lipinski definition) is 4. The molecular weight excluding hydrogens is 270 g/mol. The fourth-order valence-corrected chi connectivity index (χ4v) is 1.57. The van der Waals surface area contributed by atoms with Crippen LogP contribution in [0, 0.1) is 0 Å². The Bertz CT molecular complexity index is 521. The third-order valence-electron chi connectivity index (χ3n) is 2.60. The van der Waals surface area contributed by atoms with E-state index in [1.165, 1.54) is 19.1 Å². The molecule has 0 radical (unpaired) electrons. The van der Waals surface area contributed by atoms with Crippen molar-refractivity contribution in [1.82, 2.24) is 15.5 Å². The molecular formula is C15H21N3O3. The maximum absolute atomic E-state index is 12.1. The molecule has 0 aromatic heterocycles. The van der Waals surface area contributed by atoms with Gasteiger partial charge in [-0.3, -0.25) is 9.59 Å². The van der Waals surface area contributed by atoms with E-state index in [1.807, 2.05) is 19.0 Å². The lowest BCUT2D eigenvalue weighted by atomic mass is 10.2. The average molecular weight is 291 g/mol. The largest absolute Gasteiger partial charge is 0.508 e. The van der Waals surface area contributed by atoms with Crippen molar-refractivity contribution in [3.05, 3.63) is 35.5 Å². The Morgan fingerprint density at radius 1 is 1.24 bits per heavy atom. The standard InChI is InChI=1S/C15H21N3O3/c1-11(19)17-14(15(21)16-8-9-18(2)3)10-12-4-6-13(20)7-5-12/h4-7,10,20H,8-9H2,1-3H3,(H,16,21)(H,17,19)/b14-10-. The summed E-state index contributed by atoms with van der Waals surface area (Å²) in [6.45, 7) is 2.54. The molecule has 1 aromatic carbocycles. The number of carbonyl (C=O) groups excluding carboxylic acids is 2. The second-order valence-corrected chi connectivity index (χ2v) is 4.89. The van der Waals surface area contributed by atoms with Gasteiger partial charge in [-0.1, -0.05) is 12.1 Å². The monoisotopic (exact) mass is 291 g/mol. The number of nitrogens with zero attached hydrogens (tertiary/aromatic N) is 1. The van der Waals surface area contributed by atoms with Crippen LogP contribution in [0.5, 0.6) is 5.75 Å². The number of carbonyl (C=O) groups is 2. The van der Waals surface area contributed by atoms with Crippen molar-refractivity contribution in [3.63, 3.8) is 0 Å². The number of rotatable bonds is 6. The summed E-state index contributed by atoms with van der Waals surface area (Å²) in [5.41, 5.74) is 0.881. The second kappa shape index (κ2) is 8.06. The van der Waals surface area contributed by atoms with Gasteiger partial charge in [0, 0.05) is 20.0 Å². The number of amides is 2. The lowest BCUT2D eigenvalue weighted by molar-refractivity contribution is -0.122. The Kier molecular flexibility index (Phi) is 6.42. The van der Waals surface area contributed by atoms with Crippen LogP contribution in [-0.4, -0.2) is 49.0 Å². The van der Waals surface area contributed by atoms with E-state index in [1.54, 1.807) is 18.2 Å². The number of benzene rings is 1. The van der Waals surface area contributed by atoms with E-state index in [2.05, 4.69) is 10.6 Å². The first kappa shape index (κ1) is 16.7. The summed E-state index contributed by atoms with van der Waals surface area (Å²) < 4.78 is 0. The highest BCUT2D eigenvalue weighted by Crippen LogP contribution is 2.12. The van der Waals surface area contributed by atoms with Gasteiger partial charge in [-0.25, -0.2) is 0 Å². The first-order valence-electron chi connectivity index (χ1n) is 6.59. The molecule has 1 rings (SSSR count). The van der Waals surface area contributed by atoms with Gasteiger partial charge in [0.2, 0.25) is 5.91 Å². The topological polar surface area (TPSA) is 81.7 Å². The van der Waals surface area contributed by atoms with Crippen molar-refractivity contribution >= 4 is 17.9 Å². The summed E-state index contributed by atoms with van der Waals surface area (Å²) >= 11 is 0. The lowest BCUT2D eigenvalue weighted by Crippen LogP contribution is -2.37. The Balaban J connectivity index is 2.81. The molecule has 0 atom stereocenters. The molecule has 0 heterocycles. The number of likely N-dealkylation sites (N-methyl/N-ethyl adjacent to an activating group) is 1. The molecule has 0 aliphatic carbocycles. The van der Waals surface area contributed by atoms with Crippen LogP contribution in [0.1, 0.15) is 12.5 Å². The van der Waals surface area contributed by atoms with Crippen molar-refractivity contribution in [2.45, 2.75) is 6.92 Å². The molecule has 0 saturated heterocycles. The minimum atomic E-state index is -0.347. The number of nitrogens with one attached hydrogen (secondary N) is 2. The number of phenols is 1. The average Bonchev–Trinajstić information content (AvgIpc) is 2.39. The van der Waals surface area contributed by atoms with Gasteiger partial charge in [0.05, 0.1) is 0 Å². The van der Waals surface area contributed by atoms with Gasteiger partial charge in [-0.05, 0) is 37.9 Å². The van der Waals surface area contributed by atoms with Crippen molar-refractivity contribution in [2.24, 2.45) is 0 Å². The zero-order valence-electron chi connectivity index (χ0n) is 12.5. The van der Waals surface area contributed by atoms with E-state index in [-0.39, 0.29) is 23.3 Å². The van der Waals surface area contributed by atoms with Crippen LogP contribution in [0.2, 0.25) is 0 Å². The van der Waals surface area contributed by atoms with E-state index >= 15 is 0 Å². The maximum atomic E-state index is 12.1. The van der Waals surface area contributed by atoms with Crippen LogP contribution in [0.25, 0.3) is 6.08 Å². The van der Waals surface area contributed by atoms with Crippen LogP contribution >= 0.6 is 0 Å². The lowest BCUT2D eigenvalue weighted by Gasteiger charge is -2.12. The summed E-state index contributed by atoms with van der Waals surface area (Å²) in [7, 11) is 3.82. The third kappa shape index (κ3) is 6.58. The summed E-state index contributed by atoms with van der Waals surface area (Å²) in [6, 6.07) is 6.34. The fourth-order valence-electron chi connectivity index (χ4n) is 1.57. The molecule has 0 unspecified atom stereocenters. The van der Waals surface area contributed by atoms with Gasteiger partial charge in [0.25, 0.3) is 5.91 Å². The Labute approximate surface area is 124 Å². The van der Waals surface area contributed by atoms with Crippen molar-refractivity contribution in [2.75, 3.05) is 27.2 Å². The van der Waals surface area contributed by atoms with E-state index in [9.17, 15) is 14.7 Å². The number of phenolic OH excluding ortho intramolecular Hbond substituents is 1. The molecule has 0 saturated carbocycles. The summed E-state index contributed by atoms with van der Waals surface area (Å²) in [6.07, 6.45) is 1.56. The second-order valence-electron chi connectivity index (χ2n) is 4.89. The maximum Gasteiger partial charge on any atom is 0.267 e. The van der Waals surface area contributed by atoms with Crippen molar-refractivity contribution < 1.29 is 14.7 Å². The van der Waals surface area contributed by atoms with Crippen molar-refractivity contribution in [3.8, 4) is 5.75 Å². The quantitative estimate of drug-likeness (QED) is 0.668.